The molecule has 1 fully saturated rings. The molecule has 1 saturated heterocycles. The van der Waals surface area contributed by atoms with Crippen LogP contribution in [-0.4, -0.2) is 21.9 Å². The lowest BCUT2D eigenvalue weighted by molar-refractivity contribution is 0.317. The zero-order valence-corrected chi connectivity index (χ0v) is 7.19. The van der Waals surface area contributed by atoms with Crippen LogP contribution in [0.2, 0.25) is 0 Å². The van der Waals surface area contributed by atoms with Gasteiger partial charge in [-0.25, -0.2) is 0 Å². The van der Waals surface area contributed by atoms with Crippen LogP contribution in [0.1, 0.15) is 20.3 Å². The Morgan fingerprint density at radius 3 is 2.70 bits per heavy atom. The third kappa shape index (κ3) is 1.66. The molecule has 58 valence electrons. The fourth-order valence-corrected chi connectivity index (χ4v) is 2.33. The first-order chi connectivity index (χ1) is 4.74. The van der Waals surface area contributed by atoms with Gasteiger partial charge in [0.25, 0.3) is 0 Å². The van der Waals surface area contributed by atoms with Crippen LogP contribution >= 0.6 is 11.8 Å². The average molecular weight is 159 g/mol. The van der Waals surface area contributed by atoms with Crippen molar-refractivity contribution >= 4 is 17.5 Å². The molecule has 1 aliphatic rings. The van der Waals surface area contributed by atoms with E-state index in [0.717, 1.165) is 17.9 Å². The van der Waals surface area contributed by atoms with E-state index in [1.54, 1.807) is 0 Å². The standard InChI is InChI=1S/C7H13NOS/c1-5(2)7-3-6(8-9)4-10-7/h5,7,9H,3-4H2,1-2H3. The molecule has 0 aromatic carbocycles. The molecule has 0 spiro atoms. The second kappa shape index (κ2) is 3.28. The molecule has 0 radical (unpaired) electrons. The normalized spacial score (nSPS) is 30.3. The van der Waals surface area contributed by atoms with Crippen LogP contribution in [0, 0.1) is 5.92 Å². The van der Waals surface area contributed by atoms with Crippen molar-refractivity contribution < 1.29 is 5.21 Å². The van der Waals surface area contributed by atoms with Gasteiger partial charge in [-0.2, -0.15) is 11.8 Å². The molecule has 1 unspecified atom stereocenters. The molecule has 1 atom stereocenters. The van der Waals surface area contributed by atoms with Crippen LogP contribution in [-0.2, 0) is 0 Å². The van der Waals surface area contributed by atoms with Crippen molar-refractivity contribution in [3.63, 3.8) is 0 Å². The van der Waals surface area contributed by atoms with Crippen molar-refractivity contribution in [3.8, 4) is 0 Å². The minimum atomic E-state index is 0.672. The Kier molecular flexibility index (Phi) is 2.60. The molecule has 1 rings (SSSR count). The molecular formula is C7H13NOS. The van der Waals surface area contributed by atoms with Gasteiger partial charge in [0, 0.05) is 17.4 Å². The van der Waals surface area contributed by atoms with Gasteiger partial charge in [0.1, 0.15) is 0 Å². The van der Waals surface area contributed by atoms with E-state index in [9.17, 15) is 0 Å². The topological polar surface area (TPSA) is 32.6 Å². The molecule has 0 saturated carbocycles. The minimum absolute atomic E-state index is 0.672. The average Bonchev–Trinajstić information content (AvgIpc) is 2.34. The van der Waals surface area contributed by atoms with Gasteiger partial charge in [-0.15, -0.1) is 0 Å². The van der Waals surface area contributed by atoms with Crippen LogP contribution in [0.25, 0.3) is 0 Å². The maximum Gasteiger partial charge on any atom is 0.0680 e. The monoisotopic (exact) mass is 159 g/mol. The fourth-order valence-electron chi connectivity index (χ4n) is 1.05. The van der Waals surface area contributed by atoms with Gasteiger partial charge >= 0.3 is 0 Å². The smallest absolute Gasteiger partial charge is 0.0680 e. The Hall–Kier alpha value is -0.180. The molecule has 0 aliphatic carbocycles. The van der Waals surface area contributed by atoms with Crippen molar-refractivity contribution in [1.29, 1.82) is 0 Å². The summed E-state index contributed by atoms with van der Waals surface area (Å²) in [5, 5.41) is 12.3. The second-order valence-corrected chi connectivity index (χ2v) is 4.19. The summed E-state index contributed by atoms with van der Waals surface area (Å²) in [4.78, 5) is 0. The molecule has 0 aromatic rings. The summed E-state index contributed by atoms with van der Waals surface area (Å²) in [7, 11) is 0. The predicted molar refractivity (Wildman–Crippen MR) is 44.9 cm³/mol. The molecular weight excluding hydrogens is 146 g/mol. The first kappa shape index (κ1) is 7.92. The van der Waals surface area contributed by atoms with Gasteiger partial charge in [0.15, 0.2) is 0 Å². The highest BCUT2D eigenvalue weighted by Crippen LogP contribution is 2.29. The highest BCUT2D eigenvalue weighted by molar-refractivity contribution is 8.01. The molecule has 1 aliphatic heterocycles. The van der Waals surface area contributed by atoms with E-state index in [2.05, 4.69) is 19.0 Å². The molecule has 3 heteroatoms. The van der Waals surface area contributed by atoms with Crippen LogP contribution in [0.3, 0.4) is 0 Å². The summed E-state index contributed by atoms with van der Waals surface area (Å²) in [6.07, 6.45) is 0.971. The van der Waals surface area contributed by atoms with Crippen molar-refractivity contribution in [2.75, 3.05) is 5.75 Å². The zero-order chi connectivity index (χ0) is 7.56. The van der Waals surface area contributed by atoms with Crippen molar-refractivity contribution in [1.82, 2.24) is 0 Å². The van der Waals surface area contributed by atoms with Crippen LogP contribution in [0.4, 0.5) is 0 Å². The number of hydrogen-bond acceptors (Lipinski definition) is 3. The van der Waals surface area contributed by atoms with E-state index in [4.69, 9.17) is 5.21 Å². The Morgan fingerprint density at radius 2 is 2.40 bits per heavy atom. The number of rotatable bonds is 1. The maximum atomic E-state index is 8.44. The van der Waals surface area contributed by atoms with Gasteiger partial charge in [0.05, 0.1) is 5.71 Å². The number of hydrogen-bond donors (Lipinski definition) is 1. The molecule has 0 amide bonds. The van der Waals surface area contributed by atoms with Gasteiger partial charge in [-0.3, -0.25) is 0 Å². The summed E-state index contributed by atoms with van der Waals surface area (Å²) >= 11 is 1.89. The number of thioether (sulfide) groups is 1. The lowest BCUT2D eigenvalue weighted by Crippen LogP contribution is -2.07. The van der Waals surface area contributed by atoms with Crippen molar-refractivity contribution in [3.05, 3.63) is 0 Å². The summed E-state index contributed by atoms with van der Waals surface area (Å²) in [6, 6.07) is 0. The second-order valence-electron chi connectivity index (χ2n) is 2.96. The highest BCUT2D eigenvalue weighted by Gasteiger charge is 2.23. The first-order valence-electron chi connectivity index (χ1n) is 3.55. The Bertz CT molecular complexity index is 145. The molecule has 0 aromatic heterocycles. The van der Waals surface area contributed by atoms with Crippen molar-refractivity contribution in [2.45, 2.75) is 25.5 Å². The van der Waals surface area contributed by atoms with Crippen LogP contribution in [0.15, 0.2) is 5.16 Å². The molecule has 10 heavy (non-hydrogen) atoms. The zero-order valence-electron chi connectivity index (χ0n) is 6.37. The predicted octanol–water partition coefficient (Wildman–Crippen LogP) is 1.98. The lowest BCUT2D eigenvalue weighted by atomic mass is 10.1. The van der Waals surface area contributed by atoms with E-state index >= 15 is 0 Å². The summed E-state index contributed by atoms with van der Waals surface area (Å²) in [5.41, 5.74) is 0.948. The maximum absolute atomic E-state index is 8.44. The molecule has 1 heterocycles. The van der Waals surface area contributed by atoms with E-state index in [-0.39, 0.29) is 0 Å². The quantitative estimate of drug-likeness (QED) is 0.468. The van der Waals surface area contributed by atoms with E-state index < -0.39 is 0 Å². The largest absolute Gasteiger partial charge is 0.411 e. The van der Waals surface area contributed by atoms with E-state index in [0.29, 0.717) is 11.2 Å². The highest BCUT2D eigenvalue weighted by atomic mass is 32.2. The van der Waals surface area contributed by atoms with Gasteiger partial charge in [-0.05, 0) is 5.92 Å². The van der Waals surface area contributed by atoms with Crippen molar-refractivity contribution in [2.24, 2.45) is 11.1 Å². The molecule has 0 bridgehead atoms. The number of oxime groups is 1. The molecule has 1 N–H and O–H groups in total. The van der Waals surface area contributed by atoms with Crippen LogP contribution in [0.5, 0.6) is 0 Å². The third-order valence-electron chi connectivity index (χ3n) is 1.79. The summed E-state index contributed by atoms with van der Waals surface area (Å²) < 4.78 is 0. The number of nitrogens with zero attached hydrogens (tertiary/aromatic N) is 1. The molecule has 2 nitrogen and oxygen atoms in total. The van der Waals surface area contributed by atoms with E-state index in [1.807, 2.05) is 11.8 Å². The summed E-state index contributed by atoms with van der Waals surface area (Å²) in [5.74, 6) is 1.61. The van der Waals surface area contributed by atoms with Gasteiger partial charge < -0.3 is 5.21 Å². The Morgan fingerprint density at radius 1 is 1.70 bits per heavy atom. The van der Waals surface area contributed by atoms with Gasteiger partial charge in [-0.1, -0.05) is 19.0 Å². The third-order valence-corrected chi connectivity index (χ3v) is 3.42. The van der Waals surface area contributed by atoms with E-state index in [1.165, 1.54) is 0 Å². The SMILES string of the molecule is CC(C)C1CC(=NO)CS1. The fraction of sp³-hybridized carbons (Fsp3) is 0.857. The lowest BCUT2D eigenvalue weighted by Gasteiger charge is -2.10. The van der Waals surface area contributed by atoms with Gasteiger partial charge in [0.2, 0.25) is 0 Å². The Labute approximate surface area is 65.7 Å². The first-order valence-corrected chi connectivity index (χ1v) is 4.60. The Balaban J connectivity index is 2.43. The van der Waals surface area contributed by atoms with Crippen LogP contribution < -0.4 is 0 Å². The minimum Gasteiger partial charge on any atom is -0.411 e. The summed E-state index contributed by atoms with van der Waals surface area (Å²) in [6.45, 7) is 4.41.